The standard InChI is InChI=1S/C29H37ClN4O2/c1-21-9-10-25(29(36)34-19-13-23(14-20-34)32-15-5-2-6-16-32)27(31-21)22-11-17-33(18-12-22)28(35)24-7-3-4-8-26(24)30/h3-4,7-10,22-23H,2,5-6,11-20H2,1H3. The summed E-state index contributed by atoms with van der Waals surface area (Å²) in [5.41, 5.74) is 3.13. The van der Waals surface area contributed by atoms with E-state index in [1.807, 2.05) is 41.0 Å². The first-order valence-electron chi connectivity index (χ1n) is 13.6. The zero-order valence-electron chi connectivity index (χ0n) is 21.3. The fourth-order valence-electron chi connectivity index (χ4n) is 6.12. The van der Waals surface area contributed by atoms with Gasteiger partial charge in [0.1, 0.15) is 0 Å². The van der Waals surface area contributed by atoms with Crippen LogP contribution in [-0.2, 0) is 0 Å². The molecular weight excluding hydrogens is 472 g/mol. The lowest BCUT2D eigenvalue weighted by Gasteiger charge is -2.40. The number of nitrogens with zero attached hydrogens (tertiary/aromatic N) is 4. The second kappa shape index (κ2) is 11.3. The van der Waals surface area contributed by atoms with Crippen LogP contribution < -0.4 is 0 Å². The minimum atomic E-state index is -0.0240. The molecule has 0 radical (unpaired) electrons. The van der Waals surface area contributed by atoms with Gasteiger partial charge < -0.3 is 14.7 Å². The number of hydrogen-bond acceptors (Lipinski definition) is 4. The molecule has 2 aromatic rings. The SMILES string of the molecule is Cc1ccc(C(=O)N2CCC(N3CCCCC3)CC2)c(C2CCN(C(=O)c3ccccc3Cl)CC2)n1. The van der Waals surface area contributed by atoms with Gasteiger partial charge in [-0.05, 0) is 82.8 Å². The Hall–Kier alpha value is -2.44. The van der Waals surface area contributed by atoms with Crippen LogP contribution in [0.5, 0.6) is 0 Å². The van der Waals surface area contributed by atoms with Crippen molar-refractivity contribution in [1.29, 1.82) is 0 Å². The molecule has 4 heterocycles. The molecule has 3 aliphatic heterocycles. The van der Waals surface area contributed by atoms with Crippen molar-refractivity contribution in [2.45, 2.75) is 63.8 Å². The fraction of sp³-hybridized carbons (Fsp3) is 0.552. The number of carbonyl (C=O) groups is 2. The summed E-state index contributed by atoms with van der Waals surface area (Å²) >= 11 is 6.26. The van der Waals surface area contributed by atoms with E-state index in [4.69, 9.17) is 16.6 Å². The average Bonchev–Trinajstić information content (AvgIpc) is 2.93. The van der Waals surface area contributed by atoms with Crippen molar-refractivity contribution in [1.82, 2.24) is 19.7 Å². The van der Waals surface area contributed by atoms with Crippen LogP contribution in [0.4, 0.5) is 0 Å². The number of piperidine rings is 3. The maximum atomic E-state index is 13.6. The molecule has 36 heavy (non-hydrogen) atoms. The van der Waals surface area contributed by atoms with Crippen molar-refractivity contribution < 1.29 is 9.59 Å². The van der Waals surface area contributed by atoms with Gasteiger partial charge >= 0.3 is 0 Å². The van der Waals surface area contributed by atoms with E-state index in [-0.39, 0.29) is 17.7 Å². The Morgan fingerprint density at radius 3 is 2.06 bits per heavy atom. The lowest BCUT2D eigenvalue weighted by molar-refractivity contribution is 0.0585. The molecule has 192 valence electrons. The normalized spacial score (nSPS) is 20.5. The van der Waals surface area contributed by atoms with Gasteiger partial charge in [0.2, 0.25) is 0 Å². The topological polar surface area (TPSA) is 56.8 Å². The monoisotopic (exact) mass is 508 g/mol. The van der Waals surface area contributed by atoms with Gasteiger partial charge in [-0.25, -0.2) is 0 Å². The average molecular weight is 509 g/mol. The molecule has 7 heteroatoms. The third-order valence-corrected chi connectivity index (χ3v) is 8.56. The number of rotatable bonds is 4. The maximum absolute atomic E-state index is 13.6. The molecule has 0 saturated carbocycles. The highest BCUT2D eigenvalue weighted by atomic mass is 35.5. The van der Waals surface area contributed by atoms with Gasteiger partial charge in [-0.3, -0.25) is 14.6 Å². The van der Waals surface area contributed by atoms with E-state index >= 15 is 0 Å². The van der Waals surface area contributed by atoms with E-state index < -0.39 is 0 Å². The number of pyridine rings is 1. The van der Waals surface area contributed by atoms with Crippen molar-refractivity contribution in [2.75, 3.05) is 39.3 Å². The summed E-state index contributed by atoms with van der Waals surface area (Å²) in [6.07, 6.45) is 7.67. The molecular formula is C29H37ClN4O2. The summed E-state index contributed by atoms with van der Waals surface area (Å²) in [6.45, 7) is 7.32. The van der Waals surface area contributed by atoms with Crippen LogP contribution in [0.15, 0.2) is 36.4 Å². The molecule has 3 fully saturated rings. The molecule has 1 aromatic carbocycles. The number of benzene rings is 1. The predicted molar refractivity (Wildman–Crippen MR) is 143 cm³/mol. The Balaban J connectivity index is 1.24. The highest BCUT2D eigenvalue weighted by molar-refractivity contribution is 6.33. The number of likely N-dealkylation sites (tertiary alicyclic amines) is 3. The Kier molecular flexibility index (Phi) is 7.92. The maximum Gasteiger partial charge on any atom is 0.255 e. The van der Waals surface area contributed by atoms with Crippen LogP contribution in [0.25, 0.3) is 0 Å². The number of aromatic nitrogens is 1. The summed E-state index contributed by atoms with van der Waals surface area (Å²) in [6, 6.07) is 11.8. The number of halogens is 1. The molecule has 0 N–H and O–H groups in total. The molecule has 0 bridgehead atoms. The van der Waals surface area contributed by atoms with Gasteiger partial charge in [-0.15, -0.1) is 0 Å². The largest absolute Gasteiger partial charge is 0.339 e. The first-order valence-corrected chi connectivity index (χ1v) is 13.9. The van der Waals surface area contributed by atoms with Crippen molar-refractivity contribution in [2.24, 2.45) is 0 Å². The number of carbonyl (C=O) groups excluding carboxylic acids is 2. The fourth-order valence-corrected chi connectivity index (χ4v) is 6.33. The number of amides is 2. The van der Waals surface area contributed by atoms with Gasteiger partial charge in [0.25, 0.3) is 11.8 Å². The van der Waals surface area contributed by atoms with Crippen LogP contribution >= 0.6 is 11.6 Å². The quantitative estimate of drug-likeness (QED) is 0.573. The van der Waals surface area contributed by atoms with Crippen molar-refractivity contribution >= 4 is 23.4 Å². The molecule has 5 rings (SSSR count). The van der Waals surface area contributed by atoms with E-state index in [2.05, 4.69) is 4.90 Å². The van der Waals surface area contributed by atoms with Gasteiger partial charge in [0.05, 0.1) is 21.8 Å². The zero-order valence-corrected chi connectivity index (χ0v) is 22.1. The summed E-state index contributed by atoms with van der Waals surface area (Å²) in [4.78, 5) is 38.1. The van der Waals surface area contributed by atoms with Gasteiger partial charge in [-0.1, -0.05) is 30.2 Å². The third kappa shape index (κ3) is 5.45. The first kappa shape index (κ1) is 25.2. The molecule has 1 aromatic heterocycles. The molecule has 0 atom stereocenters. The molecule has 3 saturated heterocycles. The van der Waals surface area contributed by atoms with Crippen LogP contribution in [-0.4, -0.2) is 76.8 Å². The third-order valence-electron chi connectivity index (χ3n) is 8.23. The Labute approximate surface area is 219 Å². The summed E-state index contributed by atoms with van der Waals surface area (Å²) < 4.78 is 0. The molecule has 0 unspecified atom stereocenters. The molecule has 3 aliphatic rings. The Bertz CT molecular complexity index is 1080. The Morgan fingerprint density at radius 2 is 1.39 bits per heavy atom. The second-order valence-electron chi connectivity index (χ2n) is 10.6. The van der Waals surface area contributed by atoms with Gasteiger partial charge in [0, 0.05) is 43.8 Å². The van der Waals surface area contributed by atoms with Crippen LogP contribution in [0.2, 0.25) is 5.02 Å². The van der Waals surface area contributed by atoms with Gasteiger partial charge in [0.15, 0.2) is 0 Å². The van der Waals surface area contributed by atoms with E-state index in [1.54, 1.807) is 12.1 Å². The lowest BCUT2D eigenvalue weighted by atomic mass is 9.89. The highest BCUT2D eigenvalue weighted by Gasteiger charge is 2.32. The molecule has 6 nitrogen and oxygen atoms in total. The lowest BCUT2D eigenvalue weighted by Crippen LogP contribution is -2.48. The van der Waals surface area contributed by atoms with Crippen LogP contribution in [0.1, 0.15) is 83.0 Å². The van der Waals surface area contributed by atoms with Crippen LogP contribution in [0, 0.1) is 6.92 Å². The highest BCUT2D eigenvalue weighted by Crippen LogP contribution is 2.32. The van der Waals surface area contributed by atoms with E-state index in [1.165, 1.54) is 32.4 Å². The minimum Gasteiger partial charge on any atom is -0.339 e. The Morgan fingerprint density at radius 1 is 0.778 bits per heavy atom. The van der Waals surface area contributed by atoms with E-state index in [0.29, 0.717) is 29.7 Å². The molecule has 0 aliphatic carbocycles. The minimum absolute atomic E-state index is 0.0240. The second-order valence-corrected chi connectivity index (χ2v) is 11.0. The number of hydrogen-bond donors (Lipinski definition) is 0. The zero-order chi connectivity index (χ0) is 25.1. The van der Waals surface area contributed by atoms with Crippen molar-refractivity contribution in [3.05, 3.63) is 63.9 Å². The van der Waals surface area contributed by atoms with Crippen LogP contribution in [0.3, 0.4) is 0 Å². The smallest absolute Gasteiger partial charge is 0.255 e. The van der Waals surface area contributed by atoms with Crippen molar-refractivity contribution in [3.63, 3.8) is 0 Å². The molecule has 0 spiro atoms. The van der Waals surface area contributed by atoms with Crippen molar-refractivity contribution in [3.8, 4) is 0 Å². The summed E-state index contributed by atoms with van der Waals surface area (Å²) in [5, 5.41) is 0.488. The summed E-state index contributed by atoms with van der Waals surface area (Å²) in [7, 11) is 0. The summed E-state index contributed by atoms with van der Waals surface area (Å²) in [5.74, 6) is 0.262. The first-order chi connectivity index (χ1) is 17.5. The number of aryl methyl sites for hydroxylation is 1. The van der Waals surface area contributed by atoms with E-state index in [9.17, 15) is 9.59 Å². The molecule has 2 amide bonds. The van der Waals surface area contributed by atoms with Gasteiger partial charge in [-0.2, -0.15) is 0 Å². The van der Waals surface area contributed by atoms with E-state index in [0.717, 1.165) is 55.7 Å². The predicted octanol–water partition coefficient (Wildman–Crippen LogP) is 5.15.